The third kappa shape index (κ3) is 2.46. The fourth-order valence-electron chi connectivity index (χ4n) is 1.58. The van der Waals surface area contributed by atoms with E-state index in [1.165, 1.54) is 18.3 Å². The molecule has 2 aromatic rings. The molecule has 0 N–H and O–H groups in total. The van der Waals surface area contributed by atoms with E-state index in [0.29, 0.717) is 10.7 Å². The van der Waals surface area contributed by atoms with Gasteiger partial charge in [-0.1, -0.05) is 23.2 Å². The molecule has 0 atom stereocenters. The summed E-state index contributed by atoms with van der Waals surface area (Å²) < 4.78 is 1.16. The summed E-state index contributed by atoms with van der Waals surface area (Å²) in [5, 5.41) is 18.5. The van der Waals surface area contributed by atoms with Gasteiger partial charge in [-0.3, -0.25) is 9.36 Å². The zero-order valence-corrected chi connectivity index (χ0v) is 10.9. The van der Waals surface area contributed by atoms with Crippen LogP contribution < -0.4 is 5.56 Å². The van der Waals surface area contributed by atoms with Crippen molar-refractivity contribution in [2.24, 2.45) is 0 Å². The van der Waals surface area contributed by atoms with Gasteiger partial charge in [0.05, 0.1) is 16.3 Å². The van der Waals surface area contributed by atoms with E-state index in [1.54, 1.807) is 18.2 Å². The van der Waals surface area contributed by atoms with Gasteiger partial charge in [0, 0.05) is 11.2 Å². The van der Waals surface area contributed by atoms with Crippen LogP contribution in [0.5, 0.6) is 0 Å². The van der Waals surface area contributed by atoms with Gasteiger partial charge in [-0.2, -0.15) is 10.5 Å². The second-order valence-corrected chi connectivity index (χ2v) is 4.48. The molecule has 0 aliphatic heterocycles. The van der Waals surface area contributed by atoms with E-state index in [1.807, 2.05) is 6.07 Å². The summed E-state index contributed by atoms with van der Waals surface area (Å²) in [6.07, 6.45) is 1.33. The minimum Gasteiger partial charge on any atom is -0.280 e. The minimum absolute atomic E-state index is 0.120. The van der Waals surface area contributed by atoms with E-state index in [-0.39, 0.29) is 16.1 Å². The molecule has 0 fully saturated rings. The van der Waals surface area contributed by atoms with Gasteiger partial charge in [-0.05, 0) is 24.3 Å². The Labute approximate surface area is 118 Å². The lowest BCUT2D eigenvalue weighted by atomic mass is 10.2. The third-order valence-corrected chi connectivity index (χ3v) is 2.97. The first-order chi connectivity index (χ1) is 9.06. The monoisotopic (exact) mass is 289 g/mol. The highest BCUT2D eigenvalue weighted by molar-refractivity contribution is 6.35. The van der Waals surface area contributed by atoms with Crippen LogP contribution in [-0.2, 0) is 0 Å². The van der Waals surface area contributed by atoms with Gasteiger partial charge in [-0.15, -0.1) is 0 Å². The average Bonchev–Trinajstić information content (AvgIpc) is 2.40. The predicted octanol–water partition coefficient (Wildman–Crippen LogP) is 2.89. The maximum atomic E-state index is 12.0. The van der Waals surface area contributed by atoms with Crippen molar-refractivity contribution in [1.29, 1.82) is 10.5 Å². The number of benzene rings is 1. The van der Waals surface area contributed by atoms with E-state index in [4.69, 9.17) is 33.7 Å². The van der Waals surface area contributed by atoms with E-state index in [0.717, 1.165) is 4.57 Å². The van der Waals surface area contributed by atoms with E-state index >= 15 is 0 Å². The Morgan fingerprint density at radius 2 is 1.84 bits per heavy atom. The maximum absolute atomic E-state index is 12.0. The zero-order valence-electron chi connectivity index (χ0n) is 9.39. The topological polar surface area (TPSA) is 69.6 Å². The molecule has 1 aromatic heterocycles. The van der Waals surface area contributed by atoms with Crippen LogP contribution >= 0.6 is 23.2 Å². The molecule has 0 aliphatic carbocycles. The lowest BCUT2D eigenvalue weighted by Crippen LogP contribution is -2.21. The number of hydrogen-bond donors (Lipinski definition) is 0. The molecular formula is C13H5Cl2N3O. The van der Waals surface area contributed by atoms with Gasteiger partial charge in [0.2, 0.25) is 0 Å². The Bertz CT molecular complexity index is 797. The normalized spacial score (nSPS) is 9.68. The number of nitrogens with zero attached hydrogens (tertiary/aromatic N) is 3. The van der Waals surface area contributed by atoms with Crippen LogP contribution in [0.1, 0.15) is 11.1 Å². The number of rotatable bonds is 1. The Morgan fingerprint density at radius 3 is 2.42 bits per heavy atom. The maximum Gasteiger partial charge on any atom is 0.273 e. The average molecular weight is 290 g/mol. The number of halogens is 2. The van der Waals surface area contributed by atoms with Gasteiger partial charge in [-0.25, -0.2) is 0 Å². The predicted molar refractivity (Wildman–Crippen MR) is 71.5 cm³/mol. The van der Waals surface area contributed by atoms with Crippen LogP contribution in [0.3, 0.4) is 0 Å². The molecule has 0 unspecified atom stereocenters. The second kappa shape index (κ2) is 5.16. The molecule has 0 saturated heterocycles. The summed E-state index contributed by atoms with van der Waals surface area (Å²) >= 11 is 11.8. The Hall–Kier alpha value is -2.27. The fraction of sp³-hybridized carbons (Fsp3) is 0. The standard InChI is InChI=1S/C13H5Cl2N3O/c14-10-1-2-12(11(15)4-10)18-7-8(5-16)3-9(6-17)13(18)19/h1-4,7H. The molecule has 0 aliphatic rings. The number of hydrogen-bond acceptors (Lipinski definition) is 3. The minimum atomic E-state index is -0.536. The molecule has 1 aromatic carbocycles. The third-order valence-electron chi connectivity index (χ3n) is 2.44. The summed E-state index contributed by atoms with van der Waals surface area (Å²) in [5.74, 6) is 0. The Kier molecular flexibility index (Phi) is 3.57. The molecular weight excluding hydrogens is 285 g/mol. The van der Waals surface area contributed by atoms with Crippen molar-refractivity contribution in [1.82, 2.24) is 4.57 Å². The summed E-state index contributed by atoms with van der Waals surface area (Å²) in [7, 11) is 0. The Balaban J connectivity index is 2.80. The molecule has 1 heterocycles. The molecule has 4 nitrogen and oxygen atoms in total. The number of aromatic nitrogens is 1. The summed E-state index contributed by atoms with van der Waals surface area (Å²) in [4.78, 5) is 12.0. The SMILES string of the molecule is N#Cc1cc(C#N)c(=O)n(-c2ccc(Cl)cc2Cl)c1. The molecule has 2 rings (SSSR count). The van der Waals surface area contributed by atoms with Crippen LogP contribution in [0, 0.1) is 22.7 Å². The molecule has 0 bridgehead atoms. The van der Waals surface area contributed by atoms with Crippen molar-refractivity contribution in [3.63, 3.8) is 0 Å². The molecule has 0 saturated carbocycles. The van der Waals surface area contributed by atoms with Crippen LogP contribution in [0.15, 0.2) is 35.3 Å². The van der Waals surface area contributed by atoms with Crippen molar-refractivity contribution in [2.45, 2.75) is 0 Å². The highest BCUT2D eigenvalue weighted by atomic mass is 35.5. The number of nitriles is 2. The molecule has 0 amide bonds. The smallest absolute Gasteiger partial charge is 0.273 e. The van der Waals surface area contributed by atoms with Gasteiger partial charge < -0.3 is 0 Å². The van der Waals surface area contributed by atoms with Crippen LogP contribution in [0.4, 0.5) is 0 Å². The van der Waals surface area contributed by atoms with Crippen molar-refractivity contribution in [3.05, 3.63) is 62.0 Å². The molecule has 6 heteroatoms. The number of pyridine rings is 1. The molecule has 0 radical (unpaired) electrons. The van der Waals surface area contributed by atoms with E-state index in [2.05, 4.69) is 0 Å². The van der Waals surface area contributed by atoms with Crippen molar-refractivity contribution < 1.29 is 0 Å². The quantitative estimate of drug-likeness (QED) is 0.810. The summed E-state index contributed by atoms with van der Waals surface area (Å²) in [6.45, 7) is 0. The molecule has 0 spiro atoms. The summed E-state index contributed by atoms with van der Waals surface area (Å²) in [6, 6.07) is 9.49. The highest BCUT2D eigenvalue weighted by Crippen LogP contribution is 2.23. The van der Waals surface area contributed by atoms with Crippen molar-refractivity contribution >= 4 is 23.2 Å². The second-order valence-electron chi connectivity index (χ2n) is 3.64. The lowest BCUT2D eigenvalue weighted by molar-refractivity contribution is 0.977. The van der Waals surface area contributed by atoms with Crippen LogP contribution in [-0.4, -0.2) is 4.57 Å². The van der Waals surface area contributed by atoms with Crippen molar-refractivity contribution in [2.75, 3.05) is 0 Å². The fourth-order valence-corrected chi connectivity index (χ4v) is 2.08. The van der Waals surface area contributed by atoms with Gasteiger partial charge >= 0.3 is 0 Å². The van der Waals surface area contributed by atoms with Gasteiger partial charge in [0.15, 0.2) is 0 Å². The van der Waals surface area contributed by atoms with Crippen LogP contribution in [0.2, 0.25) is 10.0 Å². The van der Waals surface area contributed by atoms with Crippen molar-refractivity contribution in [3.8, 4) is 17.8 Å². The van der Waals surface area contributed by atoms with Gasteiger partial charge in [0.25, 0.3) is 5.56 Å². The largest absolute Gasteiger partial charge is 0.280 e. The molecule has 92 valence electrons. The first-order valence-electron chi connectivity index (χ1n) is 5.09. The zero-order chi connectivity index (χ0) is 14.0. The first kappa shape index (κ1) is 13.2. The first-order valence-corrected chi connectivity index (χ1v) is 5.84. The van der Waals surface area contributed by atoms with E-state index in [9.17, 15) is 4.79 Å². The molecule has 19 heavy (non-hydrogen) atoms. The lowest BCUT2D eigenvalue weighted by Gasteiger charge is -2.09. The summed E-state index contributed by atoms with van der Waals surface area (Å²) in [5.41, 5.74) is -0.0948. The highest BCUT2D eigenvalue weighted by Gasteiger charge is 2.10. The van der Waals surface area contributed by atoms with Crippen LogP contribution in [0.25, 0.3) is 5.69 Å². The van der Waals surface area contributed by atoms with E-state index < -0.39 is 5.56 Å². The Morgan fingerprint density at radius 1 is 1.11 bits per heavy atom. The van der Waals surface area contributed by atoms with Gasteiger partial charge in [0.1, 0.15) is 17.7 Å².